The molecule has 1 aliphatic carbocycles. The lowest BCUT2D eigenvalue weighted by molar-refractivity contribution is 0.385. The van der Waals surface area contributed by atoms with Crippen LogP contribution in [0.15, 0.2) is 51.8 Å². The number of nitrogens with one attached hydrogen (secondary N) is 1. The normalized spacial score (nSPS) is 14.9. The molecule has 28 heavy (non-hydrogen) atoms. The third kappa shape index (κ3) is 3.02. The summed E-state index contributed by atoms with van der Waals surface area (Å²) in [5.74, 6) is 0.568. The van der Waals surface area contributed by atoms with E-state index < -0.39 is 0 Å². The summed E-state index contributed by atoms with van der Waals surface area (Å²) in [6.07, 6.45) is 4.78. The van der Waals surface area contributed by atoms with Crippen LogP contribution in [0.4, 0.5) is 4.39 Å². The minimum Gasteiger partial charge on any atom is -0.339 e. The molecule has 7 heteroatoms. The molecule has 1 aliphatic rings. The lowest BCUT2D eigenvalue weighted by atomic mass is 10.1. The highest BCUT2D eigenvalue weighted by atomic mass is 19.1. The Morgan fingerprint density at radius 3 is 2.86 bits per heavy atom. The molecule has 2 heterocycles. The number of rotatable bonds is 4. The SMILES string of the molecule is O=c1[nH]c2cc(-c3noc(Cc4cccc(F)c4)n3)ccc2n1C1CCCC1. The standard InChI is InChI=1S/C21H19FN4O2/c22-15-5-3-4-13(10-15)11-19-24-20(25-28-19)14-8-9-18-17(12-14)23-21(27)26(18)16-6-1-2-7-16/h3-5,8-10,12,16H,1-2,6-7,11H2,(H,23,27). The quantitative estimate of drug-likeness (QED) is 0.577. The molecule has 2 aromatic heterocycles. The van der Waals surface area contributed by atoms with Crippen LogP contribution in [-0.2, 0) is 6.42 Å². The van der Waals surface area contributed by atoms with E-state index in [4.69, 9.17) is 4.52 Å². The van der Waals surface area contributed by atoms with Crippen LogP contribution in [0.5, 0.6) is 0 Å². The summed E-state index contributed by atoms with van der Waals surface area (Å²) in [7, 11) is 0. The van der Waals surface area contributed by atoms with Crippen molar-refractivity contribution < 1.29 is 8.91 Å². The van der Waals surface area contributed by atoms with Gasteiger partial charge < -0.3 is 9.51 Å². The van der Waals surface area contributed by atoms with Gasteiger partial charge in [-0.3, -0.25) is 4.57 Å². The summed E-state index contributed by atoms with van der Waals surface area (Å²) >= 11 is 0. The number of fused-ring (bicyclic) bond motifs is 1. The van der Waals surface area contributed by atoms with Gasteiger partial charge in [-0.2, -0.15) is 4.98 Å². The van der Waals surface area contributed by atoms with Gasteiger partial charge in [0.15, 0.2) is 0 Å². The van der Waals surface area contributed by atoms with E-state index in [2.05, 4.69) is 15.1 Å². The summed E-state index contributed by atoms with van der Waals surface area (Å²) in [4.78, 5) is 19.8. The molecule has 0 unspecified atom stereocenters. The van der Waals surface area contributed by atoms with E-state index in [9.17, 15) is 9.18 Å². The number of aromatic nitrogens is 4. The van der Waals surface area contributed by atoms with Gasteiger partial charge in [-0.25, -0.2) is 9.18 Å². The molecule has 0 saturated heterocycles. The van der Waals surface area contributed by atoms with Crippen molar-refractivity contribution in [2.45, 2.75) is 38.1 Å². The third-order valence-corrected chi connectivity index (χ3v) is 5.38. The highest BCUT2D eigenvalue weighted by Gasteiger charge is 2.21. The molecule has 0 atom stereocenters. The van der Waals surface area contributed by atoms with Crippen molar-refractivity contribution in [1.82, 2.24) is 19.7 Å². The lowest BCUT2D eigenvalue weighted by Gasteiger charge is -2.11. The van der Waals surface area contributed by atoms with Crippen LogP contribution in [0.25, 0.3) is 22.4 Å². The van der Waals surface area contributed by atoms with Gasteiger partial charge in [0.1, 0.15) is 5.82 Å². The zero-order valence-electron chi connectivity index (χ0n) is 15.2. The van der Waals surface area contributed by atoms with Crippen molar-refractivity contribution in [3.63, 3.8) is 0 Å². The highest BCUT2D eigenvalue weighted by molar-refractivity contribution is 5.80. The fourth-order valence-electron chi connectivity index (χ4n) is 4.06. The predicted octanol–water partition coefficient (Wildman–Crippen LogP) is 4.22. The lowest BCUT2D eigenvalue weighted by Crippen LogP contribution is -2.20. The van der Waals surface area contributed by atoms with E-state index in [1.54, 1.807) is 6.07 Å². The summed E-state index contributed by atoms with van der Waals surface area (Å²) in [6.45, 7) is 0. The molecule has 1 fully saturated rings. The van der Waals surface area contributed by atoms with Crippen molar-refractivity contribution in [2.24, 2.45) is 0 Å². The molecule has 142 valence electrons. The maximum absolute atomic E-state index is 13.3. The van der Waals surface area contributed by atoms with Crippen LogP contribution >= 0.6 is 0 Å². The first-order valence-corrected chi connectivity index (χ1v) is 9.49. The van der Waals surface area contributed by atoms with Gasteiger partial charge in [0.05, 0.1) is 17.5 Å². The Hall–Kier alpha value is -3.22. The summed E-state index contributed by atoms with van der Waals surface area (Å²) in [5.41, 5.74) is 3.14. The maximum Gasteiger partial charge on any atom is 0.326 e. The van der Waals surface area contributed by atoms with Crippen molar-refractivity contribution in [3.05, 3.63) is 70.2 Å². The van der Waals surface area contributed by atoms with Crippen molar-refractivity contribution in [1.29, 1.82) is 0 Å². The second-order valence-electron chi connectivity index (χ2n) is 7.29. The number of H-pyrrole nitrogens is 1. The van der Waals surface area contributed by atoms with Gasteiger partial charge in [0.2, 0.25) is 11.7 Å². The van der Waals surface area contributed by atoms with E-state index in [-0.39, 0.29) is 17.5 Å². The van der Waals surface area contributed by atoms with Crippen LogP contribution in [0.3, 0.4) is 0 Å². The first-order valence-electron chi connectivity index (χ1n) is 9.49. The molecule has 5 rings (SSSR count). The number of imidazole rings is 1. The average Bonchev–Trinajstić information content (AvgIpc) is 3.40. The van der Waals surface area contributed by atoms with E-state index in [1.165, 1.54) is 25.0 Å². The summed E-state index contributed by atoms with van der Waals surface area (Å²) in [5, 5.41) is 4.04. The monoisotopic (exact) mass is 378 g/mol. The van der Waals surface area contributed by atoms with E-state index in [1.807, 2.05) is 28.8 Å². The minimum atomic E-state index is -0.293. The molecule has 6 nitrogen and oxygen atoms in total. The average molecular weight is 378 g/mol. The van der Waals surface area contributed by atoms with Gasteiger partial charge in [0.25, 0.3) is 0 Å². The number of hydrogen-bond acceptors (Lipinski definition) is 4. The number of halogens is 1. The van der Waals surface area contributed by atoms with Gasteiger partial charge in [0, 0.05) is 11.6 Å². The Balaban J connectivity index is 1.45. The Kier molecular flexibility index (Phi) is 4.07. The fraction of sp³-hybridized carbons (Fsp3) is 0.286. The van der Waals surface area contributed by atoms with Gasteiger partial charge in [-0.15, -0.1) is 0 Å². The molecule has 0 amide bonds. The van der Waals surface area contributed by atoms with Crippen LogP contribution in [-0.4, -0.2) is 19.7 Å². The molecule has 0 aliphatic heterocycles. The third-order valence-electron chi connectivity index (χ3n) is 5.38. The van der Waals surface area contributed by atoms with Crippen molar-refractivity contribution in [3.8, 4) is 11.4 Å². The van der Waals surface area contributed by atoms with E-state index in [0.29, 0.717) is 18.1 Å². The van der Waals surface area contributed by atoms with Crippen molar-refractivity contribution in [2.75, 3.05) is 0 Å². The van der Waals surface area contributed by atoms with Crippen LogP contribution in [0.1, 0.15) is 43.2 Å². The zero-order valence-corrected chi connectivity index (χ0v) is 15.2. The maximum atomic E-state index is 13.3. The Bertz CT molecular complexity index is 1200. The largest absolute Gasteiger partial charge is 0.339 e. The summed E-state index contributed by atoms with van der Waals surface area (Å²) < 4.78 is 20.5. The molecule has 2 aromatic carbocycles. The second kappa shape index (κ2) is 6.74. The molecule has 1 saturated carbocycles. The number of nitrogens with zero attached hydrogens (tertiary/aromatic N) is 3. The molecule has 0 bridgehead atoms. The molecule has 4 aromatic rings. The number of benzene rings is 2. The Morgan fingerprint density at radius 1 is 1.18 bits per heavy atom. The van der Waals surface area contributed by atoms with Crippen LogP contribution < -0.4 is 5.69 Å². The van der Waals surface area contributed by atoms with Gasteiger partial charge in [-0.1, -0.05) is 30.1 Å². The molecule has 1 N–H and O–H groups in total. The second-order valence-corrected chi connectivity index (χ2v) is 7.29. The van der Waals surface area contributed by atoms with Crippen molar-refractivity contribution >= 4 is 11.0 Å². The first kappa shape index (κ1) is 16.9. The Labute approximate surface area is 160 Å². The van der Waals surface area contributed by atoms with E-state index >= 15 is 0 Å². The number of hydrogen-bond donors (Lipinski definition) is 1. The van der Waals surface area contributed by atoms with Crippen LogP contribution in [0.2, 0.25) is 0 Å². The topological polar surface area (TPSA) is 76.7 Å². The summed E-state index contributed by atoms with van der Waals surface area (Å²) in [6, 6.07) is 12.3. The number of aromatic amines is 1. The molecular weight excluding hydrogens is 359 g/mol. The highest BCUT2D eigenvalue weighted by Crippen LogP contribution is 2.31. The zero-order chi connectivity index (χ0) is 19.1. The van der Waals surface area contributed by atoms with Gasteiger partial charge >= 0.3 is 5.69 Å². The smallest absolute Gasteiger partial charge is 0.326 e. The predicted molar refractivity (Wildman–Crippen MR) is 103 cm³/mol. The first-order chi connectivity index (χ1) is 13.7. The Morgan fingerprint density at radius 2 is 2.04 bits per heavy atom. The fourth-order valence-corrected chi connectivity index (χ4v) is 4.06. The minimum absolute atomic E-state index is 0.0704. The van der Waals surface area contributed by atoms with Crippen LogP contribution in [0, 0.1) is 5.82 Å². The molecule has 0 spiro atoms. The molecule has 0 radical (unpaired) electrons. The van der Waals surface area contributed by atoms with E-state index in [0.717, 1.165) is 35.0 Å². The molecular formula is C21H19FN4O2. The van der Waals surface area contributed by atoms with Gasteiger partial charge in [-0.05, 0) is 48.7 Å².